The number of nitrogens with one attached hydrogen (secondary N) is 1. The van der Waals surface area contributed by atoms with Crippen LogP contribution in [0.5, 0.6) is 0 Å². The van der Waals surface area contributed by atoms with Crippen molar-refractivity contribution < 1.29 is 9.53 Å². The molecule has 0 unspecified atom stereocenters. The first-order valence-electron chi connectivity index (χ1n) is 6.91. The molecule has 1 N–H and O–H groups in total. The van der Waals surface area contributed by atoms with Gasteiger partial charge in [-0.3, -0.25) is 5.32 Å². The van der Waals surface area contributed by atoms with Gasteiger partial charge in [-0.25, -0.2) is 4.79 Å². The molecule has 0 aliphatic rings. The van der Waals surface area contributed by atoms with Crippen LogP contribution in [0.2, 0.25) is 0 Å². The number of ether oxygens (including phenoxy) is 1. The Kier molecular flexibility index (Phi) is 4.37. The number of aryl methyl sites for hydroxylation is 2. The largest absolute Gasteiger partial charge is 0.444 e. The van der Waals surface area contributed by atoms with Gasteiger partial charge < -0.3 is 4.74 Å². The van der Waals surface area contributed by atoms with Gasteiger partial charge in [-0.2, -0.15) is 0 Å². The molecule has 0 fully saturated rings. The topological polar surface area (TPSA) is 38.3 Å². The average molecular weight is 303 g/mol. The smallest absolute Gasteiger partial charge is 0.412 e. The van der Waals surface area contributed by atoms with Gasteiger partial charge >= 0.3 is 6.09 Å². The van der Waals surface area contributed by atoms with E-state index in [9.17, 15) is 4.79 Å². The molecule has 0 bridgehead atoms. The molecule has 1 aromatic heterocycles. The Bertz CT molecular complexity index is 636. The van der Waals surface area contributed by atoms with Crippen LogP contribution in [-0.4, -0.2) is 11.7 Å². The van der Waals surface area contributed by atoms with Crippen molar-refractivity contribution in [3.63, 3.8) is 0 Å². The highest BCUT2D eigenvalue weighted by molar-refractivity contribution is 7.11. The summed E-state index contributed by atoms with van der Waals surface area (Å²) < 4.78 is 5.32. The third-order valence-corrected chi connectivity index (χ3v) is 3.86. The lowest BCUT2D eigenvalue weighted by Gasteiger charge is -2.20. The van der Waals surface area contributed by atoms with E-state index < -0.39 is 11.7 Å². The highest BCUT2D eigenvalue weighted by atomic mass is 32.1. The summed E-state index contributed by atoms with van der Waals surface area (Å²) in [4.78, 5) is 13.1. The lowest BCUT2D eigenvalue weighted by Crippen LogP contribution is -2.27. The molecular formula is C17H21NO2S. The third kappa shape index (κ3) is 4.08. The predicted molar refractivity (Wildman–Crippen MR) is 89.1 cm³/mol. The van der Waals surface area contributed by atoms with Crippen molar-refractivity contribution in [2.75, 3.05) is 5.32 Å². The van der Waals surface area contributed by atoms with E-state index in [-0.39, 0.29) is 0 Å². The van der Waals surface area contributed by atoms with Crippen LogP contribution in [0.25, 0.3) is 11.1 Å². The Morgan fingerprint density at radius 1 is 1.14 bits per heavy atom. The molecule has 2 aromatic rings. The predicted octanol–water partition coefficient (Wildman–Crippen LogP) is 5.38. The summed E-state index contributed by atoms with van der Waals surface area (Å²) in [5.74, 6) is 0. The molecule has 1 amide bonds. The molecule has 4 heteroatoms. The Labute approximate surface area is 130 Å². The number of carbonyl (C=O) groups excluding carboxylic acids is 1. The van der Waals surface area contributed by atoms with Crippen molar-refractivity contribution in [1.82, 2.24) is 0 Å². The standard InChI is InChI=1S/C17H21NO2S/c1-11-6-8-13(9-7-11)15-12(2)21-10-14(15)18-16(19)20-17(3,4)5/h6-10H,1-5H3,(H,18,19). The lowest BCUT2D eigenvalue weighted by molar-refractivity contribution is 0.0636. The highest BCUT2D eigenvalue weighted by Crippen LogP contribution is 2.36. The molecule has 0 aliphatic heterocycles. The molecule has 1 heterocycles. The Morgan fingerprint density at radius 3 is 2.33 bits per heavy atom. The summed E-state index contributed by atoms with van der Waals surface area (Å²) in [5, 5.41) is 4.80. The minimum atomic E-state index is -0.501. The van der Waals surface area contributed by atoms with E-state index in [2.05, 4.69) is 43.4 Å². The minimum Gasteiger partial charge on any atom is -0.444 e. The van der Waals surface area contributed by atoms with Gasteiger partial charge in [-0.15, -0.1) is 11.3 Å². The summed E-state index contributed by atoms with van der Waals surface area (Å²) >= 11 is 1.62. The maximum absolute atomic E-state index is 11.9. The minimum absolute atomic E-state index is 0.423. The monoisotopic (exact) mass is 303 g/mol. The maximum atomic E-state index is 11.9. The number of hydrogen-bond acceptors (Lipinski definition) is 3. The molecule has 0 radical (unpaired) electrons. The number of thiophene rings is 1. The fraction of sp³-hybridized carbons (Fsp3) is 0.353. The van der Waals surface area contributed by atoms with Crippen LogP contribution in [-0.2, 0) is 4.74 Å². The number of rotatable bonds is 2. The third-order valence-electron chi connectivity index (χ3n) is 2.95. The molecule has 0 saturated carbocycles. The van der Waals surface area contributed by atoms with Crippen LogP contribution < -0.4 is 5.32 Å². The van der Waals surface area contributed by atoms with Crippen LogP contribution in [0.4, 0.5) is 10.5 Å². The highest BCUT2D eigenvalue weighted by Gasteiger charge is 2.19. The molecule has 2 rings (SSSR count). The molecule has 3 nitrogen and oxygen atoms in total. The Hall–Kier alpha value is -1.81. The molecule has 1 aromatic carbocycles. The second kappa shape index (κ2) is 5.90. The first-order chi connectivity index (χ1) is 9.76. The van der Waals surface area contributed by atoms with Gasteiger partial charge in [0.25, 0.3) is 0 Å². The maximum Gasteiger partial charge on any atom is 0.412 e. The van der Waals surface area contributed by atoms with Crippen LogP contribution >= 0.6 is 11.3 Å². The van der Waals surface area contributed by atoms with Crippen LogP contribution in [0.1, 0.15) is 31.2 Å². The summed E-state index contributed by atoms with van der Waals surface area (Å²) in [7, 11) is 0. The van der Waals surface area contributed by atoms with Crippen molar-refractivity contribution in [1.29, 1.82) is 0 Å². The number of carbonyl (C=O) groups is 1. The number of benzene rings is 1. The van der Waals surface area contributed by atoms with E-state index >= 15 is 0 Å². The normalized spacial score (nSPS) is 11.3. The Morgan fingerprint density at radius 2 is 1.76 bits per heavy atom. The molecular weight excluding hydrogens is 282 g/mol. The van der Waals surface area contributed by atoms with Gasteiger partial charge in [0.2, 0.25) is 0 Å². The summed E-state index contributed by atoms with van der Waals surface area (Å²) in [6, 6.07) is 8.29. The fourth-order valence-corrected chi connectivity index (χ4v) is 2.86. The average Bonchev–Trinajstić information content (AvgIpc) is 2.69. The van der Waals surface area contributed by atoms with Gasteiger partial charge in [-0.1, -0.05) is 29.8 Å². The fourth-order valence-electron chi connectivity index (χ4n) is 2.04. The van der Waals surface area contributed by atoms with E-state index in [4.69, 9.17) is 4.74 Å². The van der Waals surface area contributed by atoms with Gasteiger partial charge in [0.15, 0.2) is 0 Å². The summed E-state index contributed by atoms with van der Waals surface area (Å²) in [6.07, 6.45) is -0.423. The number of anilines is 1. The second-order valence-corrected chi connectivity index (χ2v) is 7.16. The number of hydrogen-bond donors (Lipinski definition) is 1. The molecule has 112 valence electrons. The quantitative estimate of drug-likeness (QED) is 0.809. The molecule has 0 atom stereocenters. The number of amides is 1. The zero-order chi connectivity index (χ0) is 15.6. The van der Waals surface area contributed by atoms with Gasteiger partial charge in [0, 0.05) is 15.8 Å². The zero-order valence-corrected chi connectivity index (χ0v) is 13.9. The van der Waals surface area contributed by atoms with Crippen LogP contribution in [0, 0.1) is 13.8 Å². The summed E-state index contributed by atoms with van der Waals surface area (Å²) in [5.41, 5.74) is 3.68. The van der Waals surface area contributed by atoms with E-state index in [1.54, 1.807) is 11.3 Å². The van der Waals surface area contributed by atoms with E-state index in [0.29, 0.717) is 0 Å². The van der Waals surface area contributed by atoms with Crippen molar-refractivity contribution in [3.05, 3.63) is 40.1 Å². The second-order valence-electron chi connectivity index (χ2n) is 6.07. The first kappa shape index (κ1) is 15.6. The van der Waals surface area contributed by atoms with Gasteiger partial charge in [0.1, 0.15) is 5.60 Å². The molecule has 0 saturated heterocycles. The van der Waals surface area contributed by atoms with Crippen molar-refractivity contribution in [3.8, 4) is 11.1 Å². The lowest BCUT2D eigenvalue weighted by atomic mass is 10.0. The van der Waals surface area contributed by atoms with Gasteiger partial charge in [-0.05, 0) is 40.2 Å². The molecule has 0 aliphatic carbocycles. The van der Waals surface area contributed by atoms with Crippen molar-refractivity contribution in [2.45, 2.75) is 40.2 Å². The summed E-state index contributed by atoms with van der Waals surface area (Å²) in [6.45, 7) is 9.68. The van der Waals surface area contributed by atoms with E-state index in [0.717, 1.165) is 16.8 Å². The SMILES string of the molecule is Cc1ccc(-c2c(NC(=O)OC(C)(C)C)csc2C)cc1. The van der Waals surface area contributed by atoms with E-state index in [1.807, 2.05) is 26.2 Å². The molecule has 21 heavy (non-hydrogen) atoms. The van der Waals surface area contributed by atoms with Crippen LogP contribution in [0.3, 0.4) is 0 Å². The van der Waals surface area contributed by atoms with Crippen LogP contribution in [0.15, 0.2) is 29.6 Å². The van der Waals surface area contributed by atoms with Gasteiger partial charge in [0.05, 0.1) is 5.69 Å². The van der Waals surface area contributed by atoms with E-state index in [1.165, 1.54) is 10.4 Å². The first-order valence-corrected chi connectivity index (χ1v) is 7.79. The van der Waals surface area contributed by atoms with Crippen molar-refractivity contribution in [2.24, 2.45) is 0 Å². The Balaban J connectivity index is 2.26. The zero-order valence-electron chi connectivity index (χ0n) is 13.1. The van der Waals surface area contributed by atoms with Crippen molar-refractivity contribution >= 4 is 23.1 Å². The molecule has 0 spiro atoms.